The predicted molar refractivity (Wildman–Crippen MR) is 76.7 cm³/mol. The third kappa shape index (κ3) is 2.58. The minimum absolute atomic E-state index is 0.0412. The van der Waals surface area contributed by atoms with E-state index in [1.165, 1.54) is 12.1 Å². The number of nitrogens with zero attached hydrogens (tertiary/aromatic N) is 4. The molecule has 6 heteroatoms. The number of non-ortho nitro benzene ring substituents is 1. The Hall–Kier alpha value is -2.13. The summed E-state index contributed by atoms with van der Waals surface area (Å²) in [4.78, 5) is 14.7. The average molecular weight is 274 g/mol. The number of nitriles is 1. The van der Waals surface area contributed by atoms with Gasteiger partial charge in [-0.2, -0.15) is 5.26 Å². The molecule has 1 fully saturated rings. The molecule has 0 aliphatic carbocycles. The minimum atomic E-state index is -0.472. The molecule has 6 nitrogen and oxygen atoms in total. The molecule has 2 atom stereocenters. The quantitative estimate of drug-likeness (QED) is 0.609. The highest BCUT2D eigenvalue weighted by atomic mass is 16.6. The Balaban J connectivity index is 2.34. The number of hydrogen-bond acceptors (Lipinski definition) is 5. The van der Waals surface area contributed by atoms with Crippen molar-refractivity contribution >= 4 is 11.4 Å². The fourth-order valence-electron chi connectivity index (χ4n) is 2.60. The number of likely N-dealkylation sites (N-methyl/N-ethyl adjacent to an activating group) is 1. The van der Waals surface area contributed by atoms with E-state index in [9.17, 15) is 15.4 Å². The van der Waals surface area contributed by atoms with Crippen molar-refractivity contribution < 1.29 is 4.92 Å². The summed E-state index contributed by atoms with van der Waals surface area (Å²) in [6.45, 7) is 5.90. The van der Waals surface area contributed by atoms with Gasteiger partial charge in [-0.05, 0) is 27.0 Å². The normalized spacial score (nSPS) is 23.4. The van der Waals surface area contributed by atoms with Crippen molar-refractivity contribution in [2.75, 3.05) is 25.0 Å². The molecular formula is C14H18N4O2. The van der Waals surface area contributed by atoms with Gasteiger partial charge in [-0.3, -0.25) is 15.0 Å². The lowest BCUT2D eigenvalue weighted by Gasteiger charge is -2.43. The molecule has 0 radical (unpaired) electrons. The molecule has 0 N–H and O–H groups in total. The molecule has 1 aliphatic rings. The van der Waals surface area contributed by atoms with Gasteiger partial charge in [0.15, 0.2) is 0 Å². The van der Waals surface area contributed by atoms with Crippen LogP contribution in [0.1, 0.15) is 19.4 Å². The van der Waals surface area contributed by atoms with E-state index in [-0.39, 0.29) is 5.69 Å². The number of rotatable bonds is 2. The zero-order chi connectivity index (χ0) is 14.9. The smallest absolute Gasteiger partial charge is 0.270 e. The largest absolute Gasteiger partial charge is 0.367 e. The Kier molecular flexibility index (Phi) is 3.91. The van der Waals surface area contributed by atoms with Gasteiger partial charge in [0.2, 0.25) is 0 Å². The summed E-state index contributed by atoms with van der Waals surface area (Å²) >= 11 is 0. The summed E-state index contributed by atoms with van der Waals surface area (Å²) in [7, 11) is 2.09. The van der Waals surface area contributed by atoms with Crippen LogP contribution in [0.25, 0.3) is 0 Å². The number of piperazine rings is 1. The highest BCUT2D eigenvalue weighted by Crippen LogP contribution is 2.28. The maximum absolute atomic E-state index is 10.8. The fourth-order valence-corrected chi connectivity index (χ4v) is 2.60. The molecule has 0 amide bonds. The van der Waals surface area contributed by atoms with Crippen LogP contribution in [0.15, 0.2) is 18.2 Å². The highest BCUT2D eigenvalue weighted by Gasteiger charge is 2.28. The van der Waals surface area contributed by atoms with Crippen LogP contribution in [0.5, 0.6) is 0 Å². The van der Waals surface area contributed by atoms with Crippen molar-refractivity contribution in [3.8, 4) is 6.07 Å². The summed E-state index contributed by atoms with van der Waals surface area (Å²) in [6.07, 6.45) is 0. The molecule has 20 heavy (non-hydrogen) atoms. The molecule has 1 heterocycles. The topological polar surface area (TPSA) is 73.4 Å². The van der Waals surface area contributed by atoms with Crippen molar-refractivity contribution in [3.05, 3.63) is 33.9 Å². The summed E-state index contributed by atoms with van der Waals surface area (Å²) in [5.74, 6) is 0. The fraction of sp³-hybridized carbons (Fsp3) is 0.500. The minimum Gasteiger partial charge on any atom is -0.367 e. The van der Waals surface area contributed by atoms with Crippen molar-refractivity contribution in [2.24, 2.45) is 0 Å². The Morgan fingerprint density at radius 1 is 1.35 bits per heavy atom. The maximum Gasteiger partial charge on any atom is 0.270 e. The van der Waals surface area contributed by atoms with Gasteiger partial charge in [0.1, 0.15) is 6.07 Å². The van der Waals surface area contributed by atoms with E-state index in [0.29, 0.717) is 17.6 Å². The molecule has 1 aliphatic heterocycles. The lowest BCUT2D eigenvalue weighted by molar-refractivity contribution is -0.384. The zero-order valence-electron chi connectivity index (χ0n) is 11.9. The SMILES string of the molecule is CC1CN(c2ccc([N+](=O)[O-])cc2C#N)CC(C)N1C. The lowest BCUT2D eigenvalue weighted by atomic mass is 10.1. The number of anilines is 1. The van der Waals surface area contributed by atoms with E-state index in [2.05, 4.69) is 36.8 Å². The van der Waals surface area contributed by atoms with Crippen LogP contribution in [0.2, 0.25) is 0 Å². The molecule has 0 saturated carbocycles. The molecule has 0 aromatic heterocycles. The second-order valence-corrected chi connectivity index (χ2v) is 5.34. The Morgan fingerprint density at radius 2 is 1.95 bits per heavy atom. The molecule has 2 unspecified atom stereocenters. The van der Waals surface area contributed by atoms with Crippen molar-refractivity contribution in [1.29, 1.82) is 5.26 Å². The molecule has 1 saturated heterocycles. The number of nitro benzene ring substituents is 1. The Bertz CT molecular complexity index is 555. The van der Waals surface area contributed by atoms with Gasteiger partial charge in [0, 0.05) is 37.3 Å². The van der Waals surface area contributed by atoms with Crippen LogP contribution in [-0.4, -0.2) is 42.0 Å². The predicted octanol–water partition coefficient (Wildman–Crippen LogP) is 2.00. The van der Waals surface area contributed by atoms with Crippen LogP contribution in [0.4, 0.5) is 11.4 Å². The first-order chi connectivity index (χ1) is 9.43. The van der Waals surface area contributed by atoms with Crippen molar-refractivity contribution in [2.45, 2.75) is 25.9 Å². The number of benzene rings is 1. The summed E-state index contributed by atoms with van der Waals surface area (Å²) in [6, 6.07) is 7.31. The van der Waals surface area contributed by atoms with Crippen LogP contribution >= 0.6 is 0 Å². The number of nitro groups is 1. The Morgan fingerprint density at radius 3 is 2.45 bits per heavy atom. The third-order valence-electron chi connectivity index (χ3n) is 4.01. The summed E-state index contributed by atoms with van der Waals surface area (Å²) in [5, 5.41) is 20.0. The molecule has 106 valence electrons. The van der Waals surface area contributed by atoms with Gasteiger partial charge in [-0.25, -0.2) is 0 Å². The van der Waals surface area contributed by atoms with Gasteiger partial charge < -0.3 is 4.90 Å². The highest BCUT2D eigenvalue weighted by molar-refractivity contribution is 5.63. The molecule has 0 bridgehead atoms. The van der Waals surface area contributed by atoms with Crippen LogP contribution in [-0.2, 0) is 0 Å². The Labute approximate surface area is 118 Å². The zero-order valence-corrected chi connectivity index (χ0v) is 11.9. The summed E-state index contributed by atoms with van der Waals surface area (Å²) < 4.78 is 0. The number of hydrogen-bond donors (Lipinski definition) is 0. The summed E-state index contributed by atoms with van der Waals surface area (Å²) in [5.41, 5.74) is 1.11. The second-order valence-electron chi connectivity index (χ2n) is 5.34. The first kappa shape index (κ1) is 14.3. The van der Waals surface area contributed by atoms with Gasteiger partial charge in [0.05, 0.1) is 16.2 Å². The van der Waals surface area contributed by atoms with Crippen LogP contribution < -0.4 is 4.90 Å². The molecule has 1 aromatic carbocycles. The molecule has 0 spiro atoms. The molecular weight excluding hydrogens is 256 g/mol. The van der Waals surface area contributed by atoms with Gasteiger partial charge in [-0.15, -0.1) is 0 Å². The second kappa shape index (κ2) is 5.47. The maximum atomic E-state index is 10.8. The van der Waals surface area contributed by atoms with E-state index in [1.54, 1.807) is 6.07 Å². The third-order valence-corrected chi connectivity index (χ3v) is 4.01. The van der Waals surface area contributed by atoms with E-state index >= 15 is 0 Å². The van der Waals surface area contributed by atoms with Crippen molar-refractivity contribution in [3.63, 3.8) is 0 Å². The standard InChI is InChI=1S/C14H18N4O2/c1-10-8-17(9-11(2)16(10)3)14-5-4-13(18(19)20)6-12(14)7-15/h4-6,10-11H,8-9H2,1-3H3. The van der Waals surface area contributed by atoms with Gasteiger partial charge in [-0.1, -0.05) is 0 Å². The van der Waals surface area contributed by atoms with E-state index in [0.717, 1.165) is 18.8 Å². The van der Waals surface area contributed by atoms with E-state index in [4.69, 9.17) is 0 Å². The van der Waals surface area contributed by atoms with E-state index in [1.807, 2.05) is 0 Å². The lowest BCUT2D eigenvalue weighted by Crippen LogP contribution is -2.55. The van der Waals surface area contributed by atoms with Gasteiger partial charge >= 0.3 is 0 Å². The monoisotopic (exact) mass is 274 g/mol. The van der Waals surface area contributed by atoms with Crippen LogP contribution in [0, 0.1) is 21.4 Å². The first-order valence-corrected chi connectivity index (χ1v) is 6.59. The average Bonchev–Trinajstić information content (AvgIpc) is 2.43. The van der Waals surface area contributed by atoms with E-state index < -0.39 is 4.92 Å². The first-order valence-electron chi connectivity index (χ1n) is 6.59. The van der Waals surface area contributed by atoms with Crippen LogP contribution in [0.3, 0.4) is 0 Å². The molecule has 1 aromatic rings. The van der Waals surface area contributed by atoms with Crippen molar-refractivity contribution in [1.82, 2.24) is 4.90 Å². The van der Waals surface area contributed by atoms with Gasteiger partial charge in [0.25, 0.3) is 5.69 Å². The molecule has 2 rings (SSSR count).